The van der Waals surface area contributed by atoms with Crippen LogP contribution in [0.25, 0.3) is 0 Å². The van der Waals surface area contributed by atoms with E-state index in [2.05, 4.69) is 11.9 Å². The third-order valence-corrected chi connectivity index (χ3v) is 4.21. The van der Waals surface area contributed by atoms with Crippen molar-refractivity contribution < 1.29 is 4.79 Å². The highest BCUT2D eigenvalue weighted by Gasteiger charge is 2.23. The van der Waals surface area contributed by atoms with Crippen molar-refractivity contribution >= 4 is 29.1 Å². The monoisotopic (exact) mass is 286 g/mol. The number of carbonyl (C=O) groups excluding carboxylic acids is 1. The van der Waals surface area contributed by atoms with Crippen LogP contribution in [0.2, 0.25) is 10.2 Å². The van der Waals surface area contributed by atoms with Crippen LogP contribution < -0.4 is 0 Å². The van der Waals surface area contributed by atoms with E-state index in [1.165, 1.54) is 12.6 Å². The van der Waals surface area contributed by atoms with Gasteiger partial charge in [-0.05, 0) is 24.8 Å². The molecule has 18 heavy (non-hydrogen) atoms. The normalized spacial score (nSPS) is 16.9. The lowest BCUT2D eigenvalue weighted by molar-refractivity contribution is 0.0688. The molecule has 1 aliphatic heterocycles. The van der Waals surface area contributed by atoms with Gasteiger partial charge in [-0.15, -0.1) is 0 Å². The minimum absolute atomic E-state index is 0.00406. The van der Waals surface area contributed by atoms with Gasteiger partial charge in [0, 0.05) is 19.3 Å². The first-order valence-electron chi connectivity index (χ1n) is 6.22. The third kappa shape index (κ3) is 2.96. The molecule has 0 aliphatic carbocycles. The van der Waals surface area contributed by atoms with Gasteiger partial charge in [-0.3, -0.25) is 4.79 Å². The number of carbonyl (C=O) groups is 1. The number of amides is 1. The Bertz CT molecular complexity index is 443. The van der Waals surface area contributed by atoms with Crippen molar-refractivity contribution in [3.05, 3.63) is 28.0 Å². The molecule has 1 amide bonds. The number of hydrogen-bond acceptors (Lipinski definition) is 2. The summed E-state index contributed by atoms with van der Waals surface area (Å²) in [4.78, 5) is 18.0. The maximum atomic E-state index is 12.2. The predicted molar refractivity (Wildman–Crippen MR) is 73.2 cm³/mol. The average Bonchev–Trinajstić information content (AvgIpc) is 2.41. The highest BCUT2D eigenvalue weighted by molar-refractivity contribution is 6.41. The van der Waals surface area contributed by atoms with Gasteiger partial charge < -0.3 is 4.90 Å². The molecule has 0 aromatic carbocycles. The molecule has 0 bridgehead atoms. The van der Waals surface area contributed by atoms with Crippen molar-refractivity contribution in [3.63, 3.8) is 0 Å². The molecule has 1 aromatic rings. The summed E-state index contributed by atoms with van der Waals surface area (Å²) in [5.74, 6) is 0.747. The summed E-state index contributed by atoms with van der Waals surface area (Å²) in [5.41, 5.74) is 0.513. The molecule has 0 radical (unpaired) electrons. The molecule has 0 spiro atoms. The number of nitrogens with zero attached hydrogens (tertiary/aromatic N) is 2. The van der Waals surface area contributed by atoms with Gasteiger partial charge in [-0.1, -0.05) is 36.5 Å². The Hall–Kier alpha value is -0.800. The van der Waals surface area contributed by atoms with Crippen LogP contribution in [-0.2, 0) is 0 Å². The van der Waals surface area contributed by atoms with Crippen molar-refractivity contribution in [2.24, 2.45) is 5.92 Å². The van der Waals surface area contributed by atoms with E-state index in [0.29, 0.717) is 10.6 Å². The van der Waals surface area contributed by atoms with Gasteiger partial charge in [-0.25, -0.2) is 4.98 Å². The SMILES string of the molecule is CCC1CCN(C(=O)c2cnc(Cl)c(Cl)c2)CC1. The number of aromatic nitrogens is 1. The van der Waals surface area contributed by atoms with Crippen LogP contribution >= 0.6 is 23.2 Å². The summed E-state index contributed by atoms with van der Waals surface area (Å²) in [6, 6.07) is 1.59. The van der Waals surface area contributed by atoms with Gasteiger partial charge in [0.25, 0.3) is 5.91 Å². The van der Waals surface area contributed by atoms with E-state index in [-0.39, 0.29) is 11.1 Å². The Balaban J connectivity index is 2.05. The third-order valence-electron chi connectivity index (χ3n) is 3.52. The van der Waals surface area contributed by atoms with Crippen molar-refractivity contribution in [1.82, 2.24) is 9.88 Å². The van der Waals surface area contributed by atoms with Crippen LogP contribution in [0, 0.1) is 5.92 Å². The van der Waals surface area contributed by atoms with E-state index in [0.717, 1.165) is 31.8 Å². The molecule has 1 aromatic heterocycles. The largest absolute Gasteiger partial charge is 0.339 e. The molecule has 2 heterocycles. The fraction of sp³-hybridized carbons (Fsp3) is 0.538. The molecule has 1 saturated heterocycles. The molecule has 0 N–H and O–H groups in total. The number of likely N-dealkylation sites (tertiary alicyclic amines) is 1. The van der Waals surface area contributed by atoms with E-state index in [1.54, 1.807) is 6.07 Å². The molecule has 0 saturated carbocycles. The number of hydrogen-bond donors (Lipinski definition) is 0. The molecule has 2 rings (SSSR count). The van der Waals surface area contributed by atoms with Crippen molar-refractivity contribution in [3.8, 4) is 0 Å². The highest BCUT2D eigenvalue weighted by Crippen LogP contribution is 2.23. The highest BCUT2D eigenvalue weighted by atomic mass is 35.5. The first-order chi connectivity index (χ1) is 8.61. The maximum absolute atomic E-state index is 12.2. The summed E-state index contributed by atoms with van der Waals surface area (Å²) in [6.07, 6.45) is 4.84. The molecule has 0 atom stereocenters. The van der Waals surface area contributed by atoms with Crippen LogP contribution in [0.3, 0.4) is 0 Å². The smallest absolute Gasteiger partial charge is 0.255 e. The van der Waals surface area contributed by atoms with Gasteiger partial charge in [0.2, 0.25) is 0 Å². The molecule has 5 heteroatoms. The summed E-state index contributed by atoms with van der Waals surface area (Å²) in [7, 11) is 0. The lowest BCUT2D eigenvalue weighted by Crippen LogP contribution is -2.38. The lowest BCUT2D eigenvalue weighted by Gasteiger charge is -2.31. The van der Waals surface area contributed by atoms with Gasteiger partial charge in [0.15, 0.2) is 0 Å². The molecule has 3 nitrogen and oxygen atoms in total. The number of rotatable bonds is 2. The minimum Gasteiger partial charge on any atom is -0.339 e. The van der Waals surface area contributed by atoms with E-state index < -0.39 is 0 Å². The quantitative estimate of drug-likeness (QED) is 0.778. The number of halogens is 2. The minimum atomic E-state index is -0.00406. The summed E-state index contributed by atoms with van der Waals surface area (Å²) in [5, 5.41) is 0.559. The molecule has 1 fully saturated rings. The zero-order valence-corrected chi connectivity index (χ0v) is 11.8. The van der Waals surface area contributed by atoms with E-state index >= 15 is 0 Å². The Labute approximate surface area is 117 Å². The van der Waals surface area contributed by atoms with Gasteiger partial charge >= 0.3 is 0 Å². The van der Waals surface area contributed by atoms with Gasteiger partial charge in [-0.2, -0.15) is 0 Å². The topological polar surface area (TPSA) is 33.2 Å². The molecule has 0 unspecified atom stereocenters. The van der Waals surface area contributed by atoms with Crippen molar-refractivity contribution in [2.75, 3.05) is 13.1 Å². The van der Waals surface area contributed by atoms with Crippen LogP contribution in [0.15, 0.2) is 12.3 Å². The zero-order valence-electron chi connectivity index (χ0n) is 10.3. The van der Waals surface area contributed by atoms with E-state index in [4.69, 9.17) is 23.2 Å². The molecular weight excluding hydrogens is 271 g/mol. The van der Waals surface area contributed by atoms with E-state index in [9.17, 15) is 4.79 Å². The van der Waals surface area contributed by atoms with Crippen molar-refractivity contribution in [2.45, 2.75) is 26.2 Å². The maximum Gasteiger partial charge on any atom is 0.255 e. The summed E-state index contributed by atoms with van der Waals surface area (Å²) >= 11 is 11.6. The lowest BCUT2D eigenvalue weighted by atomic mass is 9.94. The molecular formula is C13H16Cl2N2O. The predicted octanol–water partition coefficient (Wildman–Crippen LogP) is 3.65. The summed E-state index contributed by atoms with van der Waals surface area (Å²) in [6.45, 7) is 3.83. The Kier molecular flexibility index (Phi) is 4.46. The average molecular weight is 287 g/mol. The Morgan fingerprint density at radius 2 is 2.11 bits per heavy atom. The molecule has 98 valence electrons. The Morgan fingerprint density at radius 1 is 1.44 bits per heavy atom. The second-order valence-corrected chi connectivity index (χ2v) is 5.41. The molecule has 1 aliphatic rings. The fourth-order valence-corrected chi connectivity index (χ4v) is 2.53. The van der Waals surface area contributed by atoms with E-state index in [1.807, 2.05) is 4.90 Å². The van der Waals surface area contributed by atoms with Crippen LogP contribution in [0.4, 0.5) is 0 Å². The van der Waals surface area contributed by atoms with Gasteiger partial charge in [0.1, 0.15) is 5.15 Å². The van der Waals surface area contributed by atoms with Crippen LogP contribution in [0.5, 0.6) is 0 Å². The first-order valence-corrected chi connectivity index (χ1v) is 6.97. The van der Waals surface area contributed by atoms with Crippen LogP contribution in [0.1, 0.15) is 36.5 Å². The second kappa shape index (κ2) is 5.89. The first kappa shape index (κ1) is 13.6. The van der Waals surface area contributed by atoms with Crippen molar-refractivity contribution in [1.29, 1.82) is 0 Å². The number of pyridine rings is 1. The zero-order chi connectivity index (χ0) is 13.1. The Morgan fingerprint density at radius 3 is 2.67 bits per heavy atom. The number of piperidine rings is 1. The standard InChI is InChI=1S/C13H16Cl2N2O/c1-2-9-3-5-17(6-4-9)13(18)10-7-11(14)12(15)16-8-10/h7-9H,2-6H2,1H3. The second-order valence-electron chi connectivity index (χ2n) is 4.64. The van der Waals surface area contributed by atoms with Gasteiger partial charge in [0.05, 0.1) is 10.6 Å². The fourth-order valence-electron chi connectivity index (χ4n) is 2.27. The summed E-state index contributed by atoms with van der Waals surface area (Å²) < 4.78 is 0. The van der Waals surface area contributed by atoms with Crippen LogP contribution in [-0.4, -0.2) is 28.9 Å².